The Morgan fingerprint density at radius 2 is 2.16 bits per heavy atom. The van der Waals surface area contributed by atoms with Gasteiger partial charge in [0.25, 0.3) is 0 Å². The molecule has 19 heavy (non-hydrogen) atoms. The van der Waals surface area contributed by atoms with Crippen LogP contribution < -0.4 is 10.1 Å². The lowest BCUT2D eigenvalue weighted by Crippen LogP contribution is -2.04. The van der Waals surface area contributed by atoms with Crippen LogP contribution in [0.1, 0.15) is 18.9 Å². The lowest BCUT2D eigenvalue weighted by atomic mass is 10.7. The second-order valence-corrected chi connectivity index (χ2v) is 4.85. The summed E-state index contributed by atoms with van der Waals surface area (Å²) in [6.45, 7) is 0. The first-order valence-corrected chi connectivity index (χ1v) is 6.55. The highest BCUT2D eigenvalue weighted by Crippen LogP contribution is 2.37. The zero-order valence-electron chi connectivity index (χ0n) is 10.4. The average molecular weight is 280 g/mol. The molecular formula is C9H12N8OS. The molecule has 0 radical (unpaired) electrons. The molecule has 0 saturated heterocycles. The topological polar surface area (TPSA) is 104 Å². The largest absolute Gasteiger partial charge is 0.467 e. The van der Waals surface area contributed by atoms with E-state index >= 15 is 0 Å². The minimum absolute atomic E-state index is 0.257. The van der Waals surface area contributed by atoms with Gasteiger partial charge in [0.05, 0.1) is 13.2 Å². The molecule has 2 aromatic rings. The normalized spacial score (nSPS) is 14.4. The van der Waals surface area contributed by atoms with Crippen molar-refractivity contribution < 1.29 is 4.74 Å². The van der Waals surface area contributed by atoms with E-state index in [4.69, 9.17) is 4.74 Å². The summed E-state index contributed by atoms with van der Waals surface area (Å²) in [7, 11) is 3.24. The number of nitrogens with one attached hydrogen (secondary N) is 1. The van der Waals surface area contributed by atoms with E-state index in [1.165, 1.54) is 18.9 Å². The Kier molecular flexibility index (Phi) is 3.15. The molecule has 1 aliphatic rings. The van der Waals surface area contributed by atoms with Gasteiger partial charge in [0.1, 0.15) is 0 Å². The molecule has 0 aromatic carbocycles. The van der Waals surface area contributed by atoms with Crippen molar-refractivity contribution in [2.45, 2.75) is 29.2 Å². The van der Waals surface area contributed by atoms with Gasteiger partial charge in [-0.3, -0.25) is 0 Å². The minimum atomic E-state index is 0.257. The first-order chi connectivity index (χ1) is 9.30. The van der Waals surface area contributed by atoms with E-state index in [1.54, 1.807) is 11.7 Å². The van der Waals surface area contributed by atoms with Crippen LogP contribution in [0.3, 0.4) is 0 Å². The third kappa shape index (κ3) is 2.57. The van der Waals surface area contributed by atoms with E-state index in [9.17, 15) is 0 Å². The van der Waals surface area contributed by atoms with Crippen molar-refractivity contribution in [3.63, 3.8) is 0 Å². The summed E-state index contributed by atoms with van der Waals surface area (Å²) >= 11 is 1.29. The number of tetrazole rings is 1. The van der Waals surface area contributed by atoms with E-state index < -0.39 is 0 Å². The Morgan fingerprint density at radius 3 is 2.84 bits per heavy atom. The van der Waals surface area contributed by atoms with Crippen LogP contribution in [0.15, 0.2) is 10.3 Å². The Hall–Kier alpha value is -1.97. The van der Waals surface area contributed by atoms with Gasteiger partial charge in [-0.15, -0.1) is 5.10 Å². The molecule has 0 bridgehead atoms. The molecule has 2 heterocycles. The van der Waals surface area contributed by atoms with Crippen LogP contribution in [0.25, 0.3) is 0 Å². The van der Waals surface area contributed by atoms with Crippen molar-refractivity contribution >= 4 is 17.7 Å². The molecule has 10 heteroatoms. The maximum absolute atomic E-state index is 5.03. The second-order valence-electron chi connectivity index (χ2n) is 3.92. The fourth-order valence-corrected chi connectivity index (χ4v) is 2.24. The summed E-state index contributed by atoms with van der Waals surface area (Å²) in [6.07, 6.45) is 2.22. The number of hydrogen-bond donors (Lipinski definition) is 1. The SMILES string of the molecule is CNc1nc(OC)nc(Sc2nnnn2C2CC2)n1. The monoisotopic (exact) mass is 280 g/mol. The third-order valence-corrected chi connectivity index (χ3v) is 3.35. The van der Waals surface area contributed by atoms with E-state index in [1.807, 2.05) is 0 Å². The summed E-state index contributed by atoms with van der Waals surface area (Å²) in [5, 5.41) is 15.7. The van der Waals surface area contributed by atoms with Gasteiger partial charge in [-0.1, -0.05) is 0 Å². The van der Waals surface area contributed by atoms with E-state index in [-0.39, 0.29) is 6.01 Å². The van der Waals surface area contributed by atoms with Crippen molar-refractivity contribution in [3.8, 4) is 6.01 Å². The minimum Gasteiger partial charge on any atom is -0.467 e. The first-order valence-electron chi connectivity index (χ1n) is 5.73. The Morgan fingerprint density at radius 1 is 1.32 bits per heavy atom. The molecule has 1 N–H and O–H groups in total. The van der Waals surface area contributed by atoms with Crippen molar-refractivity contribution in [1.82, 2.24) is 35.2 Å². The molecule has 0 atom stereocenters. The van der Waals surface area contributed by atoms with Gasteiger partial charge in [0.15, 0.2) is 0 Å². The van der Waals surface area contributed by atoms with Crippen molar-refractivity contribution in [2.75, 3.05) is 19.5 Å². The van der Waals surface area contributed by atoms with E-state index in [0.717, 1.165) is 12.8 Å². The number of ether oxygens (including phenoxy) is 1. The second kappa shape index (κ2) is 4.96. The standard InChI is InChI=1S/C9H12N8OS/c1-10-6-11-7(18-2)13-8(12-6)19-9-14-15-16-17(9)5-3-4-5/h5H,3-4H2,1-2H3,(H,10,11,12,13). The number of nitrogens with zero attached hydrogens (tertiary/aromatic N) is 7. The molecule has 0 spiro atoms. The highest BCUT2D eigenvalue weighted by molar-refractivity contribution is 7.99. The molecule has 1 aliphatic carbocycles. The fraction of sp³-hybridized carbons (Fsp3) is 0.556. The highest BCUT2D eigenvalue weighted by atomic mass is 32.2. The number of methoxy groups -OCH3 is 1. The zero-order chi connectivity index (χ0) is 13.2. The average Bonchev–Trinajstić information content (AvgIpc) is 3.19. The molecular weight excluding hydrogens is 268 g/mol. The summed E-state index contributed by atoms with van der Waals surface area (Å²) in [4.78, 5) is 12.4. The Balaban J connectivity index is 1.87. The van der Waals surface area contributed by atoms with Crippen LogP contribution in [0, 0.1) is 0 Å². The summed E-state index contributed by atoms with van der Waals surface area (Å²) < 4.78 is 6.84. The molecule has 0 unspecified atom stereocenters. The highest BCUT2D eigenvalue weighted by Gasteiger charge is 2.28. The van der Waals surface area contributed by atoms with Crippen LogP contribution in [0.5, 0.6) is 6.01 Å². The Labute approximate surface area is 113 Å². The third-order valence-electron chi connectivity index (χ3n) is 2.54. The summed E-state index contributed by atoms with van der Waals surface area (Å²) in [6, 6.07) is 0.664. The maximum Gasteiger partial charge on any atom is 0.321 e. The predicted octanol–water partition coefficient (Wildman–Crippen LogP) is 0.394. The molecule has 2 aromatic heterocycles. The van der Waals surface area contributed by atoms with Crippen LogP contribution >= 0.6 is 11.8 Å². The predicted molar refractivity (Wildman–Crippen MR) is 66.1 cm³/mol. The summed E-state index contributed by atoms with van der Waals surface area (Å²) in [5.41, 5.74) is 0. The lowest BCUT2D eigenvalue weighted by Gasteiger charge is -2.05. The quantitative estimate of drug-likeness (QED) is 0.832. The maximum atomic E-state index is 5.03. The molecule has 0 aliphatic heterocycles. The van der Waals surface area contributed by atoms with E-state index in [2.05, 4.69) is 35.8 Å². The molecule has 9 nitrogen and oxygen atoms in total. The summed E-state index contributed by atoms with van der Waals surface area (Å²) in [5.74, 6) is 0.444. The number of anilines is 1. The van der Waals surface area contributed by atoms with Crippen LogP contribution in [0.4, 0.5) is 5.95 Å². The van der Waals surface area contributed by atoms with Crippen molar-refractivity contribution in [2.24, 2.45) is 0 Å². The van der Waals surface area contributed by atoms with E-state index in [0.29, 0.717) is 22.3 Å². The van der Waals surface area contributed by atoms with Crippen molar-refractivity contribution in [3.05, 3.63) is 0 Å². The first kappa shape index (κ1) is 12.1. The molecule has 3 rings (SSSR count). The van der Waals surface area contributed by atoms with Gasteiger partial charge < -0.3 is 10.1 Å². The molecule has 1 saturated carbocycles. The van der Waals surface area contributed by atoms with Crippen molar-refractivity contribution in [1.29, 1.82) is 0 Å². The number of aromatic nitrogens is 7. The van der Waals surface area contributed by atoms with Crippen LogP contribution in [0.2, 0.25) is 0 Å². The smallest absolute Gasteiger partial charge is 0.321 e. The fourth-order valence-electron chi connectivity index (χ4n) is 1.47. The molecule has 100 valence electrons. The van der Waals surface area contributed by atoms with Crippen LogP contribution in [-0.4, -0.2) is 49.3 Å². The number of rotatable bonds is 5. The number of hydrogen-bond acceptors (Lipinski definition) is 9. The van der Waals surface area contributed by atoms with Gasteiger partial charge in [-0.2, -0.15) is 15.0 Å². The molecule has 0 amide bonds. The van der Waals surface area contributed by atoms with Gasteiger partial charge in [-0.25, -0.2) is 4.68 Å². The van der Waals surface area contributed by atoms with Gasteiger partial charge in [0, 0.05) is 7.05 Å². The molecule has 1 fully saturated rings. The Bertz CT molecular complexity index is 561. The lowest BCUT2D eigenvalue weighted by molar-refractivity contribution is 0.373. The van der Waals surface area contributed by atoms with Crippen LogP contribution in [-0.2, 0) is 0 Å². The van der Waals surface area contributed by atoms with Gasteiger partial charge in [0.2, 0.25) is 16.3 Å². The zero-order valence-corrected chi connectivity index (χ0v) is 11.3. The van der Waals surface area contributed by atoms with Gasteiger partial charge >= 0.3 is 6.01 Å². The van der Waals surface area contributed by atoms with Gasteiger partial charge in [-0.05, 0) is 35.0 Å².